The Morgan fingerprint density at radius 1 is 1.31 bits per heavy atom. The summed E-state index contributed by atoms with van der Waals surface area (Å²) in [7, 11) is 0. The van der Waals surface area contributed by atoms with E-state index in [1.54, 1.807) is 0 Å². The van der Waals surface area contributed by atoms with E-state index in [1.165, 1.54) is 6.92 Å². The van der Waals surface area contributed by atoms with E-state index in [0.29, 0.717) is 6.07 Å². The molecule has 0 amide bonds. The van der Waals surface area contributed by atoms with Crippen LogP contribution in [0.3, 0.4) is 0 Å². The molecule has 0 saturated carbocycles. The summed E-state index contributed by atoms with van der Waals surface area (Å²) in [5.41, 5.74) is 4.55. The van der Waals surface area contributed by atoms with Gasteiger partial charge in [0.25, 0.3) is 0 Å². The van der Waals surface area contributed by atoms with Crippen LogP contribution in [0.25, 0.3) is 0 Å². The molecule has 1 atom stereocenters. The minimum absolute atomic E-state index is 0.372. The van der Waals surface area contributed by atoms with Gasteiger partial charge in [0.15, 0.2) is 23.2 Å². The van der Waals surface area contributed by atoms with Crippen molar-refractivity contribution < 1.29 is 18.3 Å². The average molecular weight is 191 g/mol. The van der Waals surface area contributed by atoms with Gasteiger partial charge in [-0.25, -0.2) is 13.2 Å². The van der Waals surface area contributed by atoms with Gasteiger partial charge in [-0.2, -0.15) is 0 Å². The first-order valence-electron chi connectivity index (χ1n) is 3.57. The number of hydrogen-bond acceptors (Lipinski definition) is 2. The highest BCUT2D eigenvalue weighted by Crippen LogP contribution is 2.27. The van der Waals surface area contributed by atoms with Crippen LogP contribution < -0.4 is 5.73 Å². The van der Waals surface area contributed by atoms with Crippen LogP contribution in [0.2, 0.25) is 0 Å². The van der Waals surface area contributed by atoms with Gasteiger partial charge in [0.05, 0.1) is 0 Å². The molecule has 0 aromatic heterocycles. The maximum Gasteiger partial charge on any atom is 0.172 e. The summed E-state index contributed by atoms with van der Waals surface area (Å²) in [6, 6.07) is -0.641. The summed E-state index contributed by atoms with van der Waals surface area (Å²) >= 11 is 0. The number of nitrogens with two attached hydrogens (primary N) is 1. The Kier molecular flexibility index (Phi) is 2.47. The SMILES string of the molecule is CC(N)c1c(F)c(O)cc(F)c1F. The summed E-state index contributed by atoms with van der Waals surface area (Å²) in [6.07, 6.45) is 0. The van der Waals surface area contributed by atoms with Gasteiger partial charge in [-0.05, 0) is 6.92 Å². The predicted molar refractivity (Wildman–Crippen MR) is 40.6 cm³/mol. The Hall–Kier alpha value is -1.23. The fourth-order valence-electron chi connectivity index (χ4n) is 1.01. The molecule has 0 aliphatic heterocycles. The van der Waals surface area contributed by atoms with Crippen molar-refractivity contribution in [1.82, 2.24) is 0 Å². The molecule has 0 spiro atoms. The Bertz CT molecular complexity index is 312. The van der Waals surface area contributed by atoms with E-state index in [2.05, 4.69) is 0 Å². The molecule has 1 aromatic carbocycles. The van der Waals surface area contributed by atoms with Gasteiger partial charge in [-0.15, -0.1) is 0 Å². The van der Waals surface area contributed by atoms with Crippen molar-refractivity contribution in [3.8, 4) is 5.75 Å². The first-order chi connectivity index (χ1) is 5.95. The lowest BCUT2D eigenvalue weighted by Gasteiger charge is -2.09. The first-order valence-corrected chi connectivity index (χ1v) is 3.57. The summed E-state index contributed by atoms with van der Waals surface area (Å²) in [5.74, 6) is -4.82. The molecule has 2 nitrogen and oxygen atoms in total. The minimum Gasteiger partial charge on any atom is -0.505 e. The van der Waals surface area contributed by atoms with Crippen LogP contribution in [0.15, 0.2) is 6.07 Å². The highest BCUT2D eigenvalue weighted by atomic mass is 19.2. The normalized spacial score (nSPS) is 13.0. The number of benzene rings is 1. The van der Waals surface area contributed by atoms with Crippen molar-refractivity contribution in [3.63, 3.8) is 0 Å². The van der Waals surface area contributed by atoms with Crippen LogP contribution >= 0.6 is 0 Å². The smallest absolute Gasteiger partial charge is 0.172 e. The van der Waals surface area contributed by atoms with Crippen molar-refractivity contribution in [3.05, 3.63) is 29.1 Å². The summed E-state index contributed by atoms with van der Waals surface area (Å²) in [6.45, 7) is 1.29. The lowest BCUT2D eigenvalue weighted by molar-refractivity contribution is 0.400. The molecule has 0 fully saturated rings. The summed E-state index contributed by atoms with van der Waals surface area (Å²) < 4.78 is 38.5. The number of phenols is 1. The van der Waals surface area contributed by atoms with E-state index in [4.69, 9.17) is 10.8 Å². The van der Waals surface area contributed by atoms with E-state index >= 15 is 0 Å². The van der Waals surface area contributed by atoms with Crippen molar-refractivity contribution >= 4 is 0 Å². The van der Waals surface area contributed by atoms with Gasteiger partial charge in [-0.1, -0.05) is 0 Å². The lowest BCUT2D eigenvalue weighted by atomic mass is 10.1. The summed E-state index contributed by atoms with van der Waals surface area (Å²) in [4.78, 5) is 0. The first kappa shape index (κ1) is 9.85. The molecule has 1 aromatic rings. The molecular weight excluding hydrogens is 183 g/mol. The van der Waals surface area contributed by atoms with Gasteiger partial charge in [0.1, 0.15) is 0 Å². The Labute approximate surface area is 72.8 Å². The third-order valence-corrected chi connectivity index (χ3v) is 1.63. The number of rotatable bonds is 1. The highest BCUT2D eigenvalue weighted by molar-refractivity contribution is 5.33. The van der Waals surface area contributed by atoms with E-state index < -0.39 is 34.8 Å². The van der Waals surface area contributed by atoms with E-state index in [0.717, 1.165) is 0 Å². The van der Waals surface area contributed by atoms with Gasteiger partial charge in [0.2, 0.25) is 0 Å². The fourth-order valence-corrected chi connectivity index (χ4v) is 1.01. The van der Waals surface area contributed by atoms with Crippen LogP contribution in [-0.4, -0.2) is 5.11 Å². The van der Waals surface area contributed by atoms with E-state index in [-0.39, 0.29) is 0 Å². The largest absolute Gasteiger partial charge is 0.505 e. The zero-order valence-corrected chi connectivity index (χ0v) is 6.81. The fraction of sp³-hybridized carbons (Fsp3) is 0.250. The average Bonchev–Trinajstić information content (AvgIpc) is 2.01. The van der Waals surface area contributed by atoms with Crippen molar-refractivity contribution in [2.75, 3.05) is 0 Å². The van der Waals surface area contributed by atoms with Crippen LogP contribution in [-0.2, 0) is 0 Å². The van der Waals surface area contributed by atoms with E-state index in [1.807, 2.05) is 0 Å². The molecule has 1 unspecified atom stereocenters. The Balaban J connectivity index is 3.46. The number of aromatic hydroxyl groups is 1. The van der Waals surface area contributed by atoms with Gasteiger partial charge in [-0.3, -0.25) is 0 Å². The number of halogens is 3. The zero-order valence-electron chi connectivity index (χ0n) is 6.81. The van der Waals surface area contributed by atoms with Gasteiger partial charge in [0, 0.05) is 17.7 Å². The van der Waals surface area contributed by atoms with Crippen molar-refractivity contribution in [2.24, 2.45) is 5.73 Å². The molecule has 0 aliphatic rings. The topological polar surface area (TPSA) is 46.2 Å². The van der Waals surface area contributed by atoms with Crippen LogP contribution in [0.1, 0.15) is 18.5 Å². The number of phenolic OH excluding ortho intramolecular Hbond substituents is 1. The molecule has 5 heteroatoms. The summed E-state index contributed by atoms with van der Waals surface area (Å²) in [5, 5.41) is 8.82. The second-order valence-electron chi connectivity index (χ2n) is 2.71. The van der Waals surface area contributed by atoms with Crippen LogP contribution in [0.5, 0.6) is 5.75 Å². The monoisotopic (exact) mass is 191 g/mol. The van der Waals surface area contributed by atoms with Gasteiger partial charge >= 0.3 is 0 Å². The molecule has 3 N–H and O–H groups in total. The van der Waals surface area contributed by atoms with Crippen LogP contribution in [0.4, 0.5) is 13.2 Å². The maximum absolute atomic E-state index is 13.0. The molecule has 0 aliphatic carbocycles. The molecule has 0 heterocycles. The van der Waals surface area contributed by atoms with Crippen LogP contribution in [0, 0.1) is 17.5 Å². The second-order valence-corrected chi connectivity index (χ2v) is 2.71. The zero-order chi connectivity index (χ0) is 10.2. The van der Waals surface area contributed by atoms with Crippen molar-refractivity contribution in [2.45, 2.75) is 13.0 Å². The van der Waals surface area contributed by atoms with Gasteiger partial charge < -0.3 is 10.8 Å². The lowest BCUT2D eigenvalue weighted by Crippen LogP contribution is -2.11. The van der Waals surface area contributed by atoms with E-state index in [9.17, 15) is 13.2 Å². The minimum atomic E-state index is -1.36. The number of hydrogen-bond donors (Lipinski definition) is 2. The molecule has 72 valence electrons. The Morgan fingerprint density at radius 3 is 2.31 bits per heavy atom. The molecule has 0 radical (unpaired) electrons. The third kappa shape index (κ3) is 1.60. The molecule has 0 saturated heterocycles. The highest BCUT2D eigenvalue weighted by Gasteiger charge is 2.20. The predicted octanol–water partition coefficient (Wildman–Crippen LogP) is 1.83. The third-order valence-electron chi connectivity index (χ3n) is 1.63. The molecule has 0 bridgehead atoms. The van der Waals surface area contributed by atoms with Crippen molar-refractivity contribution in [1.29, 1.82) is 0 Å². The second kappa shape index (κ2) is 3.26. The maximum atomic E-state index is 13.0. The molecular formula is C8H8F3NO. The molecule has 13 heavy (non-hydrogen) atoms. The Morgan fingerprint density at radius 2 is 1.85 bits per heavy atom. The molecule has 1 rings (SSSR count). The quantitative estimate of drug-likeness (QED) is 0.665. The standard InChI is InChI=1S/C8H8F3NO/c1-3(12)6-7(10)4(9)2-5(13)8(6)11/h2-3,13H,12H2,1H3.